The Hall–Kier alpha value is -5.44. The van der Waals surface area contributed by atoms with Crippen molar-refractivity contribution < 1.29 is 47.5 Å². The molecule has 0 amide bonds. The van der Waals surface area contributed by atoms with Crippen LogP contribution >= 0.6 is 0 Å². The van der Waals surface area contributed by atoms with Crippen LogP contribution in [-0.4, -0.2) is 100 Å². The summed E-state index contributed by atoms with van der Waals surface area (Å²) in [5.41, 5.74) is 7.56. The minimum Gasteiger partial charge on any atom is -0.462 e. The van der Waals surface area contributed by atoms with Gasteiger partial charge in [0.05, 0.1) is 42.1 Å². The predicted molar refractivity (Wildman–Crippen MR) is 189 cm³/mol. The van der Waals surface area contributed by atoms with Gasteiger partial charge in [-0.05, 0) is 0 Å². The van der Waals surface area contributed by atoms with E-state index in [1.165, 1.54) is 40.0 Å². The Bertz CT molecular complexity index is 2180. The molecule has 6 rings (SSSR count). The molecule has 2 aliphatic rings. The molecule has 54 heavy (non-hydrogen) atoms. The van der Waals surface area contributed by atoms with Gasteiger partial charge in [-0.3, -0.25) is 19.2 Å². The zero-order valence-electron chi connectivity index (χ0n) is 29.8. The number of hydrogen-bond acceptors (Lipinski definition) is 14. The number of anilines is 2. The normalized spacial score (nSPS) is 28.0. The molecule has 2 aliphatic heterocycles. The van der Waals surface area contributed by atoms with Gasteiger partial charge in [-0.15, -0.1) is 6.58 Å². The third-order valence-electron chi connectivity index (χ3n) is 9.11. The number of hydrogen-bond donors (Lipinski definition) is 6. The van der Waals surface area contributed by atoms with Crippen LogP contribution in [0.15, 0.2) is 59.7 Å². The number of carbonyl (C=O) groups excluding carboxylic acids is 2. The number of H-pyrrole nitrogens is 2. The number of pyridine rings is 2. The fourth-order valence-corrected chi connectivity index (χ4v) is 5.99. The van der Waals surface area contributed by atoms with Gasteiger partial charge in [-0.25, -0.2) is 18.7 Å². The Balaban J connectivity index is 0.000000222. The number of nitrogens with zero attached hydrogens (tertiary/aromatic N) is 4. The van der Waals surface area contributed by atoms with Gasteiger partial charge in [0.15, 0.2) is 47.5 Å². The third-order valence-corrected chi connectivity index (χ3v) is 9.11. The van der Waals surface area contributed by atoms with Crippen LogP contribution < -0.4 is 22.6 Å². The van der Waals surface area contributed by atoms with E-state index in [0.717, 1.165) is 6.08 Å². The molecule has 0 bridgehead atoms. The molecule has 0 aliphatic carbocycles. The second-order valence-corrected chi connectivity index (χ2v) is 13.5. The lowest BCUT2D eigenvalue weighted by atomic mass is 9.96. The molecule has 0 spiro atoms. The number of imidazole rings is 2. The van der Waals surface area contributed by atoms with E-state index < -0.39 is 96.3 Å². The van der Waals surface area contributed by atoms with E-state index in [4.69, 9.17) is 30.4 Å². The number of ether oxygens (including phenoxy) is 4. The molecule has 0 saturated carbocycles. The fourth-order valence-electron chi connectivity index (χ4n) is 5.99. The number of aliphatic hydroxyl groups is 2. The second-order valence-electron chi connectivity index (χ2n) is 13.5. The van der Waals surface area contributed by atoms with Crippen LogP contribution in [0.4, 0.5) is 20.4 Å². The number of nitrogens with one attached hydrogen (secondary N) is 2. The topological polar surface area (TPSA) is 265 Å². The van der Waals surface area contributed by atoms with Crippen molar-refractivity contribution in [2.24, 2.45) is 11.8 Å². The molecule has 0 unspecified atom stereocenters. The maximum atomic E-state index is 15.8. The number of aromatic nitrogens is 6. The molecule has 8 atom stereocenters. The number of aliphatic hydroxyl groups excluding tert-OH is 2. The summed E-state index contributed by atoms with van der Waals surface area (Å²) in [5.74, 6) is -2.00. The molecule has 2 fully saturated rings. The molecule has 292 valence electrons. The van der Waals surface area contributed by atoms with Gasteiger partial charge in [0.1, 0.15) is 29.9 Å². The average molecular weight is 761 g/mol. The molecular formula is C34H42F2N8O10. The zero-order chi connectivity index (χ0) is 39.9. The first-order valence-corrected chi connectivity index (χ1v) is 16.7. The van der Waals surface area contributed by atoms with Crippen LogP contribution in [0.25, 0.3) is 22.1 Å². The van der Waals surface area contributed by atoms with E-state index in [2.05, 4.69) is 33.1 Å². The quantitative estimate of drug-likeness (QED) is 0.0984. The summed E-state index contributed by atoms with van der Waals surface area (Å²) >= 11 is 0. The number of alkyl halides is 2. The highest BCUT2D eigenvalue weighted by molar-refractivity contribution is 5.78. The Kier molecular flexibility index (Phi) is 11.1. The molecule has 0 aromatic carbocycles. The van der Waals surface area contributed by atoms with Gasteiger partial charge in [-0.1, -0.05) is 46.4 Å². The molecule has 20 heteroatoms. The highest BCUT2D eigenvalue weighted by atomic mass is 19.1. The van der Waals surface area contributed by atoms with E-state index in [9.17, 15) is 33.8 Å². The highest BCUT2D eigenvalue weighted by Gasteiger charge is 2.59. The predicted octanol–water partition coefficient (Wildman–Crippen LogP) is 1.32. The summed E-state index contributed by atoms with van der Waals surface area (Å²) in [4.78, 5) is 61.0. The van der Waals surface area contributed by atoms with E-state index in [1.54, 1.807) is 27.7 Å². The van der Waals surface area contributed by atoms with E-state index in [1.807, 2.05) is 0 Å². The summed E-state index contributed by atoms with van der Waals surface area (Å²) in [6.07, 6.45) is -4.57. The lowest BCUT2D eigenvalue weighted by molar-refractivity contribution is -0.172. The van der Waals surface area contributed by atoms with E-state index in [-0.39, 0.29) is 33.7 Å². The summed E-state index contributed by atoms with van der Waals surface area (Å²) in [6.45, 7) is 12.6. The maximum absolute atomic E-state index is 15.8. The molecule has 8 N–H and O–H groups in total. The van der Waals surface area contributed by atoms with Crippen LogP contribution in [0.2, 0.25) is 0 Å². The highest BCUT2D eigenvalue weighted by Crippen LogP contribution is 2.44. The van der Waals surface area contributed by atoms with Gasteiger partial charge >= 0.3 is 11.9 Å². The van der Waals surface area contributed by atoms with Crippen molar-refractivity contribution in [1.82, 2.24) is 29.1 Å². The summed E-state index contributed by atoms with van der Waals surface area (Å²) in [5, 5.41) is 19.4. The maximum Gasteiger partial charge on any atom is 0.308 e. The number of aromatic amines is 2. The van der Waals surface area contributed by atoms with Crippen LogP contribution in [0, 0.1) is 11.8 Å². The smallest absolute Gasteiger partial charge is 0.308 e. The van der Waals surface area contributed by atoms with Crippen molar-refractivity contribution in [3.05, 3.63) is 70.8 Å². The molecule has 4 aromatic heterocycles. The van der Waals surface area contributed by atoms with Crippen molar-refractivity contribution in [2.45, 2.75) is 75.9 Å². The van der Waals surface area contributed by atoms with Crippen molar-refractivity contribution in [1.29, 1.82) is 0 Å². The standard InChI is InChI=1S/C21H27FN4O6.C13H15FN4O4/c1-6-21(8-30-19(28)10(2)3)16(31-20(29)11(4)5)14(22)18(32-21)26-9-24-15-12(26)7-13(23)25-17(15)27;1-2-13(4-19)10(20)8(14)12(22-13)18-5-16-9-6(18)3-7(15)17-11(9)21/h6-7,9-11,14,16,18H,1,8H2,2-5H3,(H3,23,25,27);2-3,5,8,10,12,19-20H,1,4H2,(H3,15,17,21)/t14-,16+,18-,21-;8-,10+,12-,13-/m11/s1. The molecular weight excluding hydrogens is 718 g/mol. The number of carbonyl (C=O) groups is 2. The number of halogens is 2. The first kappa shape index (κ1) is 39.8. The Labute approximate surface area is 305 Å². The molecule has 2 saturated heterocycles. The number of nitrogen functional groups attached to an aromatic ring is 2. The molecule has 0 radical (unpaired) electrons. The Morgan fingerprint density at radius 1 is 0.907 bits per heavy atom. The van der Waals surface area contributed by atoms with Crippen LogP contribution in [0.3, 0.4) is 0 Å². The van der Waals surface area contributed by atoms with Crippen LogP contribution in [0.5, 0.6) is 0 Å². The lowest BCUT2D eigenvalue weighted by Crippen LogP contribution is -2.48. The SMILES string of the molecule is C=C[C@]1(CO)O[C@@H](n2cnc3c(=O)[nH]c(N)cc32)[C@H](F)[C@@H]1O.C=C[C@]1(COC(=O)C(C)C)O[C@@H](n2cnc3c(=O)[nH]c(N)cc32)[C@H](F)[C@@H]1OC(=O)C(C)C. The van der Waals surface area contributed by atoms with Crippen LogP contribution in [-0.2, 0) is 28.5 Å². The first-order valence-electron chi connectivity index (χ1n) is 16.7. The van der Waals surface area contributed by atoms with E-state index >= 15 is 4.39 Å². The minimum atomic E-state index is -1.90. The minimum absolute atomic E-state index is 0.0352. The van der Waals surface area contributed by atoms with Gasteiger partial charge in [0, 0.05) is 12.1 Å². The van der Waals surface area contributed by atoms with Crippen LogP contribution in [0.1, 0.15) is 40.2 Å². The summed E-state index contributed by atoms with van der Waals surface area (Å²) in [6, 6.07) is 2.83. The molecule has 6 heterocycles. The Morgan fingerprint density at radius 2 is 1.37 bits per heavy atom. The number of nitrogens with two attached hydrogens (primary N) is 2. The fraction of sp³-hybridized carbons (Fsp3) is 0.471. The summed E-state index contributed by atoms with van der Waals surface area (Å²) in [7, 11) is 0. The first-order chi connectivity index (χ1) is 25.4. The average Bonchev–Trinajstić information content (AvgIpc) is 3.87. The zero-order valence-corrected chi connectivity index (χ0v) is 29.8. The monoisotopic (exact) mass is 760 g/mol. The number of rotatable bonds is 10. The summed E-state index contributed by atoms with van der Waals surface area (Å²) < 4.78 is 55.0. The largest absolute Gasteiger partial charge is 0.462 e. The van der Waals surface area contributed by atoms with Gasteiger partial charge in [-0.2, -0.15) is 0 Å². The molecule has 18 nitrogen and oxygen atoms in total. The molecule has 4 aromatic rings. The number of fused-ring (bicyclic) bond motifs is 2. The lowest BCUT2D eigenvalue weighted by Gasteiger charge is -2.31. The second kappa shape index (κ2) is 15.1. The van der Waals surface area contributed by atoms with Crippen molar-refractivity contribution in [3.63, 3.8) is 0 Å². The van der Waals surface area contributed by atoms with Crippen molar-refractivity contribution in [2.75, 3.05) is 24.7 Å². The number of esters is 2. The van der Waals surface area contributed by atoms with Gasteiger partial charge in [0.2, 0.25) is 0 Å². The van der Waals surface area contributed by atoms with E-state index in [0.29, 0.717) is 0 Å². The van der Waals surface area contributed by atoms with Gasteiger partial charge < -0.3 is 59.7 Å². The van der Waals surface area contributed by atoms with Crippen molar-refractivity contribution >= 4 is 45.6 Å². The van der Waals surface area contributed by atoms with Gasteiger partial charge in [0.25, 0.3) is 11.1 Å². The third kappa shape index (κ3) is 6.99. The Morgan fingerprint density at radius 3 is 1.80 bits per heavy atom. The van der Waals surface area contributed by atoms with Crippen molar-refractivity contribution in [3.8, 4) is 0 Å².